The summed E-state index contributed by atoms with van der Waals surface area (Å²) in [7, 11) is 0. The van der Waals surface area contributed by atoms with Gasteiger partial charge in [0.2, 0.25) is 0 Å². The molecule has 17 heavy (non-hydrogen) atoms. The largest absolute Gasteiger partial charge is 0.489 e. The Kier molecular flexibility index (Phi) is 2.94. The van der Waals surface area contributed by atoms with E-state index in [-0.39, 0.29) is 17.7 Å². The van der Waals surface area contributed by atoms with Gasteiger partial charge in [-0.1, -0.05) is 13.0 Å². The zero-order chi connectivity index (χ0) is 12.6. The van der Waals surface area contributed by atoms with Crippen molar-refractivity contribution in [2.45, 2.75) is 39.7 Å². The molecule has 1 fully saturated rings. The fourth-order valence-corrected chi connectivity index (χ4v) is 2.08. The predicted molar refractivity (Wildman–Crippen MR) is 63.6 cm³/mol. The maximum Gasteiger partial charge on any atom is 0.146 e. The molecule has 0 N–H and O–H groups in total. The van der Waals surface area contributed by atoms with Gasteiger partial charge in [0, 0.05) is 12.5 Å². The van der Waals surface area contributed by atoms with Crippen molar-refractivity contribution in [3.05, 3.63) is 29.6 Å². The van der Waals surface area contributed by atoms with E-state index in [1.165, 1.54) is 6.07 Å². The van der Waals surface area contributed by atoms with E-state index in [2.05, 4.69) is 0 Å². The normalized spacial score (nSPS) is 27.8. The van der Waals surface area contributed by atoms with Crippen LogP contribution in [0.2, 0.25) is 0 Å². The zero-order valence-corrected chi connectivity index (χ0v) is 10.4. The Morgan fingerprint density at radius 1 is 1.53 bits per heavy atom. The summed E-state index contributed by atoms with van der Waals surface area (Å²) >= 11 is 0. The molecule has 1 aromatic rings. The minimum absolute atomic E-state index is 0.123. The van der Waals surface area contributed by atoms with Crippen molar-refractivity contribution in [3.8, 4) is 5.75 Å². The fraction of sp³-hybridized carbons (Fsp3) is 0.500. The number of hydrogen-bond donors (Lipinski definition) is 0. The second-order valence-corrected chi connectivity index (χ2v) is 4.92. The molecular weight excluding hydrogens is 219 g/mol. The van der Waals surface area contributed by atoms with Crippen LogP contribution in [0.1, 0.15) is 32.3 Å². The molecule has 0 heterocycles. The number of aryl methyl sites for hydroxylation is 1. The number of ketones is 1. The van der Waals surface area contributed by atoms with Gasteiger partial charge in [0.25, 0.3) is 0 Å². The smallest absolute Gasteiger partial charge is 0.146 e. The van der Waals surface area contributed by atoms with Gasteiger partial charge in [-0.15, -0.1) is 0 Å². The molecule has 2 rings (SSSR count). The van der Waals surface area contributed by atoms with Crippen LogP contribution in [0.25, 0.3) is 0 Å². The molecule has 0 aromatic heterocycles. The van der Waals surface area contributed by atoms with Crippen molar-refractivity contribution < 1.29 is 13.9 Å². The van der Waals surface area contributed by atoms with Crippen molar-refractivity contribution in [1.29, 1.82) is 0 Å². The van der Waals surface area contributed by atoms with Gasteiger partial charge in [-0.2, -0.15) is 0 Å². The fourth-order valence-electron chi connectivity index (χ4n) is 2.08. The third-order valence-electron chi connectivity index (χ3n) is 3.87. The molecule has 1 aliphatic carbocycles. The summed E-state index contributed by atoms with van der Waals surface area (Å²) in [5.74, 6) is 0.467. The molecule has 1 aromatic carbocycles. The average Bonchev–Trinajstić information content (AvgIpc) is 2.32. The lowest BCUT2D eigenvalue weighted by Crippen LogP contribution is -2.54. The van der Waals surface area contributed by atoms with Gasteiger partial charge in [-0.25, -0.2) is 4.39 Å². The first-order valence-electron chi connectivity index (χ1n) is 5.93. The highest BCUT2D eigenvalue weighted by molar-refractivity contribution is 5.92. The summed E-state index contributed by atoms with van der Waals surface area (Å²) in [6.45, 7) is 5.60. The molecule has 3 heteroatoms. The molecule has 0 aliphatic heterocycles. The summed E-state index contributed by atoms with van der Waals surface area (Å²) in [6.07, 6.45) is 1.06. The molecule has 2 unspecified atom stereocenters. The molecular formula is C14H17FO2. The van der Waals surface area contributed by atoms with Gasteiger partial charge in [0.15, 0.2) is 0 Å². The molecule has 1 saturated carbocycles. The number of carbonyl (C=O) groups excluding carboxylic acids is 1. The quantitative estimate of drug-likeness (QED) is 0.805. The Morgan fingerprint density at radius 2 is 2.24 bits per heavy atom. The van der Waals surface area contributed by atoms with Gasteiger partial charge in [0.1, 0.15) is 23.5 Å². The van der Waals surface area contributed by atoms with E-state index in [1.807, 2.05) is 13.8 Å². The van der Waals surface area contributed by atoms with Crippen LogP contribution in [0, 0.1) is 18.2 Å². The number of ether oxygens (including phenoxy) is 1. The summed E-state index contributed by atoms with van der Waals surface area (Å²) in [4.78, 5) is 11.6. The maximum absolute atomic E-state index is 13.4. The Labute approximate surface area is 101 Å². The van der Waals surface area contributed by atoms with E-state index in [4.69, 9.17) is 4.74 Å². The number of rotatable bonds is 3. The Bertz CT molecular complexity index is 456. The number of Topliss-reactive ketones (excluding diaryl/α,β-unsaturated/α-hetero) is 1. The molecule has 0 saturated heterocycles. The monoisotopic (exact) mass is 236 g/mol. The van der Waals surface area contributed by atoms with Crippen LogP contribution in [0.15, 0.2) is 18.2 Å². The third-order valence-corrected chi connectivity index (χ3v) is 3.87. The second kappa shape index (κ2) is 4.13. The van der Waals surface area contributed by atoms with Crippen LogP contribution in [0.3, 0.4) is 0 Å². The lowest BCUT2D eigenvalue weighted by molar-refractivity contribution is -0.150. The molecule has 1 aliphatic rings. The maximum atomic E-state index is 13.4. The number of hydrogen-bond acceptors (Lipinski definition) is 2. The van der Waals surface area contributed by atoms with Crippen molar-refractivity contribution in [2.24, 2.45) is 5.41 Å². The topological polar surface area (TPSA) is 26.3 Å². The SMILES string of the molecule is CCC1(C)C(=O)CC1Oc1ccc(C)c(F)c1. The highest BCUT2D eigenvalue weighted by atomic mass is 19.1. The van der Waals surface area contributed by atoms with E-state index >= 15 is 0 Å². The van der Waals surface area contributed by atoms with Crippen LogP contribution >= 0.6 is 0 Å². The van der Waals surface area contributed by atoms with Gasteiger partial charge in [-0.3, -0.25) is 4.79 Å². The first-order valence-corrected chi connectivity index (χ1v) is 5.93. The van der Waals surface area contributed by atoms with Crippen molar-refractivity contribution in [2.75, 3.05) is 0 Å². The Balaban J connectivity index is 2.12. The summed E-state index contributed by atoms with van der Waals surface area (Å²) in [5, 5.41) is 0. The van der Waals surface area contributed by atoms with Crippen LogP contribution < -0.4 is 4.74 Å². The molecule has 2 atom stereocenters. The predicted octanol–water partition coefficient (Wildman–Crippen LogP) is 3.27. The second-order valence-electron chi connectivity index (χ2n) is 4.92. The lowest BCUT2D eigenvalue weighted by Gasteiger charge is -2.44. The molecule has 92 valence electrons. The number of carbonyl (C=O) groups is 1. The third kappa shape index (κ3) is 1.94. The minimum atomic E-state index is -0.401. The summed E-state index contributed by atoms with van der Waals surface area (Å²) in [6, 6.07) is 4.82. The van der Waals surface area contributed by atoms with Crippen molar-refractivity contribution in [1.82, 2.24) is 0 Å². The van der Waals surface area contributed by atoms with Crippen LogP contribution in [-0.2, 0) is 4.79 Å². The van der Waals surface area contributed by atoms with E-state index in [0.29, 0.717) is 17.7 Å². The summed E-state index contributed by atoms with van der Waals surface area (Å²) < 4.78 is 19.1. The van der Waals surface area contributed by atoms with Crippen LogP contribution in [0.5, 0.6) is 5.75 Å². The lowest BCUT2D eigenvalue weighted by atomic mass is 9.64. The van der Waals surface area contributed by atoms with Gasteiger partial charge >= 0.3 is 0 Å². The van der Waals surface area contributed by atoms with Gasteiger partial charge < -0.3 is 4.74 Å². The zero-order valence-electron chi connectivity index (χ0n) is 10.4. The van der Waals surface area contributed by atoms with E-state index in [1.54, 1.807) is 19.1 Å². The number of halogens is 1. The highest BCUT2D eigenvalue weighted by Gasteiger charge is 2.51. The molecule has 0 amide bonds. The Morgan fingerprint density at radius 3 is 2.76 bits per heavy atom. The van der Waals surface area contributed by atoms with Gasteiger partial charge in [-0.05, 0) is 31.9 Å². The molecule has 0 bridgehead atoms. The van der Waals surface area contributed by atoms with E-state index in [9.17, 15) is 9.18 Å². The highest BCUT2D eigenvalue weighted by Crippen LogP contribution is 2.42. The first kappa shape index (κ1) is 12.1. The van der Waals surface area contributed by atoms with Crippen molar-refractivity contribution >= 4 is 5.78 Å². The molecule has 0 radical (unpaired) electrons. The van der Waals surface area contributed by atoms with Crippen LogP contribution in [-0.4, -0.2) is 11.9 Å². The van der Waals surface area contributed by atoms with Crippen LogP contribution in [0.4, 0.5) is 4.39 Å². The van der Waals surface area contributed by atoms with Crippen molar-refractivity contribution in [3.63, 3.8) is 0 Å². The van der Waals surface area contributed by atoms with E-state index in [0.717, 1.165) is 6.42 Å². The standard InChI is InChI=1S/C14H17FO2/c1-4-14(3)12(16)8-13(14)17-10-6-5-9(2)11(15)7-10/h5-7,13H,4,8H2,1-3H3. The first-order chi connectivity index (χ1) is 7.97. The summed E-state index contributed by atoms with van der Waals surface area (Å²) in [5.41, 5.74) is 0.196. The number of benzene rings is 1. The average molecular weight is 236 g/mol. The minimum Gasteiger partial charge on any atom is -0.489 e. The molecule has 0 spiro atoms. The Hall–Kier alpha value is -1.38. The molecule has 2 nitrogen and oxygen atoms in total. The van der Waals surface area contributed by atoms with E-state index < -0.39 is 5.41 Å². The van der Waals surface area contributed by atoms with Gasteiger partial charge in [0.05, 0.1) is 5.41 Å².